The molecule has 2 aromatic rings. The minimum atomic E-state index is -0.294. The molecular formula is C20H24ClN3O2. The van der Waals surface area contributed by atoms with E-state index in [9.17, 15) is 5.11 Å². The summed E-state index contributed by atoms with van der Waals surface area (Å²) in [4.78, 5) is 11.2. The van der Waals surface area contributed by atoms with Crippen LogP contribution in [0.4, 0.5) is 5.69 Å². The van der Waals surface area contributed by atoms with Crippen molar-refractivity contribution in [3.8, 4) is 11.1 Å². The Kier molecular flexibility index (Phi) is 5.38. The van der Waals surface area contributed by atoms with Crippen LogP contribution in [0.3, 0.4) is 0 Å². The van der Waals surface area contributed by atoms with Crippen molar-refractivity contribution >= 4 is 17.3 Å². The molecule has 1 atom stereocenters. The van der Waals surface area contributed by atoms with E-state index in [1.807, 2.05) is 18.5 Å². The molecule has 6 heteroatoms. The van der Waals surface area contributed by atoms with Crippen molar-refractivity contribution in [2.24, 2.45) is 0 Å². The van der Waals surface area contributed by atoms with E-state index in [0.29, 0.717) is 17.6 Å². The lowest BCUT2D eigenvalue weighted by Crippen LogP contribution is -2.38. The second-order valence-electron chi connectivity index (χ2n) is 7.12. The van der Waals surface area contributed by atoms with Crippen molar-refractivity contribution in [3.05, 3.63) is 41.4 Å². The topological polar surface area (TPSA) is 58.5 Å². The Labute approximate surface area is 159 Å². The van der Waals surface area contributed by atoms with Crippen molar-refractivity contribution in [2.75, 3.05) is 31.2 Å². The number of aliphatic hydroxyl groups excluding tert-OH is 1. The highest BCUT2D eigenvalue weighted by atomic mass is 35.5. The molecule has 5 nitrogen and oxygen atoms in total. The zero-order chi connectivity index (χ0) is 17.9. The molecule has 0 radical (unpaired) electrons. The van der Waals surface area contributed by atoms with Crippen LogP contribution in [0.25, 0.3) is 11.1 Å². The van der Waals surface area contributed by atoms with Gasteiger partial charge in [-0.3, -0.25) is 4.98 Å². The Bertz CT molecular complexity index is 747. The molecular weight excluding hydrogens is 350 g/mol. The van der Waals surface area contributed by atoms with Gasteiger partial charge in [0.05, 0.1) is 6.10 Å². The number of ether oxygens (including phenoxy) is 1. The summed E-state index contributed by atoms with van der Waals surface area (Å²) >= 11 is 6.16. The number of hydrogen-bond donors (Lipinski definition) is 1. The largest absolute Gasteiger partial charge is 0.391 e. The fourth-order valence-electron chi connectivity index (χ4n) is 3.88. The van der Waals surface area contributed by atoms with E-state index < -0.39 is 0 Å². The van der Waals surface area contributed by atoms with E-state index >= 15 is 0 Å². The van der Waals surface area contributed by atoms with Gasteiger partial charge in [-0.2, -0.15) is 0 Å². The summed E-state index contributed by atoms with van der Waals surface area (Å²) in [5, 5.41) is 10.5. The molecule has 0 unspecified atom stereocenters. The van der Waals surface area contributed by atoms with Gasteiger partial charge < -0.3 is 14.7 Å². The van der Waals surface area contributed by atoms with Crippen molar-refractivity contribution in [1.29, 1.82) is 0 Å². The fraction of sp³-hybridized carbons (Fsp3) is 0.500. The van der Waals surface area contributed by atoms with Gasteiger partial charge in [-0.05, 0) is 37.8 Å². The van der Waals surface area contributed by atoms with Crippen LogP contribution in [0.2, 0.25) is 5.15 Å². The maximum absolute atomic E-state index is 10.0. The standard InChI is InChI=1S/C20H24ClN3O2/c21-20-10-19(24-7-1-2-16(25)13-24)17(12-23-20)15-3-4-18(22-11-15)14-5-8-26-9-6-14/h3-4,10-12,14,16,25H,1-2,5-9,13H2/t16-/m0/s1. The molecule has 2 fully saturated rings. The molecule has 0 spiro atoms. The van der Waals surface area contributed by atoms with Crippen molar-refractivity contribution in [2.45, 2.75) is 37.7 Å². The Morgan fingerprint density at radius 1 is 1.12 bits per heavy atom. The van der Waals surface area contributed by atoms with E-state index in [-0.39, 0.29) is 6.10 Å². The zero-order valence-corrected chi connectivity index (χ0v) is 15.5. The Hall–Kier alpha value is -1.69. The van der Waals surface area contributed by atoms with Gasteiger partial charge in [0.15, 0.2) is 0 Å². The summed E-state index contributed by atoms with van der Waals surface area (Å²) in [6.07, 6.45) is 7.34. The number of β-amino-alcohol motifs (C(OH)–C–C–N with tert-alkyl or cyclic N) is 1. The molecule has 4 rings (SSSR count). The monoisotopic (exact) mass is 373 g/mol. The number of nitrogens with zero attached hydrogens (tertiary/aromatic N) is 3. The molecule has 1 N–H and O–H groups in total. The van der Waals surface area contributed by atoms with E-state index in [2.05, 4.69) is 22.0 Å². The average Bonchev–Trinajstić information content (AvgIpc) is 2.69. The number of anilines is 1. The first kappa shape index (κ1) is 17.7. The number of piperidine rings is 1. The van der Waals surface area contributed by atoms with E-state index in [1.165, 1.54) is 0 Å². The highest BCUT2D eigenvalue weighted by molar-refractivity contribution is 6.29. The lowest BCUT2D eigenvalue weighted by Gasteiger charge is -2.33. The molecule has 0 saturated carbocycles. The summed E-state index contributed by atoms with van der Waals surface area (Å²) in [6.45, 7) is 3.17. The highest BCUT2D eigenvalue weighted by Crippen LogP contribution is 2.34. The molecule has 2 aromatic heterocycles. The lowest BCUT2D eigenvalue weighted by molar-refractivity contribution is 0.0845. The van der Waals surface area contributed by atoms with Crippen LogP contribution in [0, 0.1) is 0 Å². The Morgan fingerprint density at radius 2 is 1.96 bits per heavy atom. The third kappa shape index (κ3) is 3.85. The Morgan fingerprint density at radius 3 is 2.69 bits per heavy atom. The van der Waals surface area contributed by atoms with Gasteiger partial charge in [0.25, 0.3) is 0 Å². The van der Waals surface area contributed by atoms with Crippen LogP contribution in [-0.2, 0) is 4.74 Å². The summed E-state index contributed by atoms with van der Waals surface area (Å²) in [5.74, 6) is 0.484. The number of hydrogen-bond acceptors (Lipinski definition) is 5. The number of rotatable bonds is 3. The molecule has 26 heavy (non-hydrogen) atoms. The number of aromatic nitrogens is 2. The van der Waals surface area contributed by atoms with Crippen molar-refractivity contribution in [1.82, 2.24) is 9.97 Å². The van der Waals surface area contributed by atoms with Gasteiger partial charge in [0.1, 0.15) is 5.15 Å². The van der Waals surface area contributed by atoms with Crippen LogP contribution in [0.1, 0.15) is 37.3 Å². The van der Waals surface area contributed by atoms with Crippen LogP contribution < -0.4 is 4.90 Å². The molecule has 0 bridgehead atoms. The number of halogens is 1. The molecule has 2 saturated heterocycles. The second kappa shape index (κ2) is 7.91. The van der Waals surface area contributed by atoms with Crippen LogP contribution >= 0.6 is 11.6 Å². The van der Waals surface area contributed by atoms with Gasteiger partial charge in [-0.15, -0.1) is 0 Å². The molecule has 4 heterocycles. The molecule has 138 valence electrons. The molecule has 0 aromatic carbocycles. The SMILES string of the molecule is O[C@H]1CCCN(c2cc(Cl)ncc2-c2ccc(C3CCOCC3)nc2)C1. The predicted molar refractivity (Wildman–Crippen MR) is 103 cm³/mol. The van der Waals surface area contributed by atoms with Crippen LogP contribution in [-0.4, -0.2) is 47.5 Å². The van der Waals surface area contributed by atoms with E-state index in [4.69, 9.17) is 21.3 Å². The average molecular weight is 374 g/mol. The third-order valence-corrected chi connectivity index (χ3v) is 5.53. The second-order valence-corrected chi connectivity index (χ2v) is 7.51. The van der Waals surface area contributed by atoms with Gasteiger partial charge >= 0.3 is 0 Å². The minimum absolute atomic E-state index is 0.294. The van der Waals surface area contributed by atoms with Crippen molar-refractivity contribution in [3.63, 3.8) is 0 Å². The predicted octanol–water partition coefficient (Wildman–Crippen LogP) is 3.65. The maximum atomic E-state index is 10.0. The summed E-state index contributed by atoms with van der Waals surface area (Å²) < 4.78 is 5.44. The third-order valence-electron chi connectivity index (χ3n) is 5.32. The Balaban J connectivity index is 1.62. The normalized spacial score (nSPS) is 21.8. The quantitative estimate of drug-likeness (QED) is 0.832. The van der Waals surface area contributed by atoms with Crippen molar-refractivity contribution < 1.29 is 9.84 Å². The smallest absolute Gasteiger partial charge is 0.131 e. The summed E-state index contributed by atoms with van der Waals surface area (Å²) in [6, 6.07) is 6.13. The molecule has 2 aliphatic heterocycles. The first-order chi connectivity index (χ1) is 12.7. The highest BCUT2D eigenvalue weighted by Gasteiger charge is 2.22. The first-order valence-corrected chi connectivity index (χ1v) is 9.71. The van der Waals surface area contributed by atoms with E-state index in [0.717, 1.165) is 68.0 Å². The van der Waals surface area contributed by atoms with Gasteiger partial charge in [0.2, 0.25) is 0 Å². The summed E-state index contributed by atoms with van der Waals surface area (Å²) in [7, 11) is 0. The molecule has 0 aliphatic carbocycles. The lowest BCUT2D eigenvalue weighted by atomic mass is 9.95. The first-order valence-electron chi connectivity index (χ1n) is 9.33. The molecule has 2 aliphatic rings. The summed E-state index contributed by atoms with van der Waals surface area (Å²) in [5.41, 5.74) is 4.19. The number of pyridine rings is 2. The van der Waals surface area contributed by atoms with Gasteiger partial charge in [-0.1, -0.05) is 17.7 Å². The van der Waals surface area contributed by atoms with Crippen LogP contribution in [0.15, 0.2) is 30.6 Å². The van der Waals surface area contributed by atoms with Gasteiger partial charge in [-0.25, -0.2) is 4.98 Å². The van der Waals surface area contributed by atoms with E-state index in [1.54, 1.807) is 0 Å². The maximum Gasteiger partial charge on any atom is 0.131 e. The van der Waals surface area contributed by atoms with Crippen LogP contribution in [0.5, 0.6) is 0 Å². The zero-order valence-electron chi connectivity index (χ0n) is 14.8. The fourth-order valence-corrected chi connectivity index (χ4v) is 4.03. The van der Waals surface area contributed by atoms with Gasteiger partial charge in [0, 0.05) is 67.1 Å². The molecule has 0 amide bonds. The minimum Gasteiger partial charge on any atom is -0.391 e. The number of aliphatic hydroxyl groups is 1.